The summed E-state index contributed by atoms with van der Waals surface area (Å²) in [5.74, 6) is 0.934. The molecule has 0 saturated carbocycles. The van der Waals surface area contributed by atoms with E-state index in [1.165, 1.54) is 18.7 Å². The highest BCUT2D eigenvalue weighted by molar-refractivity contribution is 5.24. The van der Waals surface area contributed by atoms with Gasteiger partial charge in [0, 0.05) is 17.9 Å². The van der Waals surface area contributed by atoms with Crippen molar-refractivity contribution in [2.24, 2.45) is 5.92 Å². The summed E-state index contributed by atoms with van der Waals surface area (Å²) in [4.78, 5) is 11.9. The number of methoxy groups -OCH3 is 1. The van der Waals surface area contributed by atoms with E-state index >= 15 is 0 Å². The third-order valence-corrected chi connectivity index (χ3v) is 4.86. The molecule has 1 aromatic rings. The molecule has 1 aromatic heterocycles. The summed E-state index contributed by atoms with van der Waals surface area (Å²) < 4.78 is 10.6. The quantitative estimate of drug-likeness (QED) is 0.462. The number of rotatable bonds is 9. The average Bonchev–Trinajstić information content (AvgIpc) is 2.67. The zero-order chi connectivity index (χ0) is 21.3. The molecule has 0 radical (unpaired) electrons. The lowest BCUT2D eigenvalue weighted by Crippen LogP contribution is -2.17. The lowest BCUT2D eigenvalue weighted by atomic mass is 9.96. The summed E-state index contributed by atoms with van der Waals surface area (Å²) in [6, 6.07) is 1.36. The van der Waals surface area contributed by atoms with E-state index in [-0.39, 0.29) is 17.3 Å². The first-order valence-corrected chi connectivity index (χ1v) is 9.68. The molecule has 0 fully saturated rings. The molecule has 0 aliphatic carbocycles. The lowest BCUT2D eigenvalue weighted by molar-refractivity contribution is 0.173. The molecular formula is C24H34O4. The number of aliphatic hydroxyl groups excluding tert-OH is 1. The van der Waals surface area contributed by atoms with E-state index in [1.54, 1.807) is 6.92 Å². The Hall–Kier alpha value is -2.33. The fourth-order valence-corrected chi connectivity index (χ4v) is 2.80. The summed E-state index contributed by atoms with van der Waals surface area (Å²) in [5.41, 5.74) is 3.83. The molecule has 0 aliphatic rings. The minimum absolute atomic E-state index is 0.0661. The van der Waals surface area contributed by atoms with Gasteiger partial charge in [0.1, 0.15) is 5.76 Å². The molecule has 0 unspecified atom stereocenters. The fraction of sp³-hybridized carbons (Fsp3) is 0.458. The van der Waals surface area contributed by atoms with Crippen LogP contribution in [0, 0.1) is 12.8 Å². The van der Waals surface area contributed by atoms with Crippen molar-refractivity contribution in [2.45, 2.75) is 60.5 Å². The first-order valence-electron chi connectivity index (χ1n) is 9.68. The monoisotopic (exact) mass is 386 g/mol. The van der Waals surface area contributed by atoms with Crippen LogP contribution in [-0.2, 0) is 6.42 Å². The van der Waals surface area contributed by atoms with Crippen LogP contribution in [0.3, 0.4) is 0 Å². The normalized spacial score (nSPS) is 15.8. The molecule has 0 aromatic carbocycles. The Labute approximate surface area is 168 Å². The number of allylic oxidation sites excluding steroid dienone is 6. The van der Waals surface area contributed by atoms with E-state index < -0.39 is 6.10 Å². The molecule has 0 bridgehead atoms. The highest BCUT2D eigenvalue weighted by Crippen LogP contribution is 2.17. The number of ether oxygens (including phenoxy) is 1. The maximum Gasteiger partial charge on any atom is 0.288 e. The van der Waals surface area contributed by atoms with Gasteiger partial charge in [-0.2, -0.15) is 0 Å². The molecule has 0 saturated heterocycles. The van der Waals surface area contributed by atoms with Crippen LogP contribution in [0.1, 0.15) is 52.4 Å². The van der Waals surface area contributed by atoms with Gasteiger partial charge in [0.05, 0.1) is 19.3 Å². The summed E-state index contributed by atoms with van der Waals surface area (Å²) in [6.45, 7) is 11.8. The van der Waals surface area contributed by atoms with Gasteiger partial charge in [-0.25, -0.2) is 0 Å². The molecular weight excluding hydrogens is 352 g/mol. The number of hydrogen-bond donors (Lipinski definition) is 1. The highest BCUT2D eigenvalue weighted by Gasteiger charge is 2.12. The van der Waals surface area contributed by atoms with Crippen LogP contribution in [0.15, 0.2) is 62.4 Å². The molecule has 154 valence electrons. The van der Waals surface area contributed by atoms with Crippen LogP contribution >= 0.6 is 0 Å². The highest BCUT2D eigenvalue weighted by atomic mass is 16.6. The van der Waals surface area contributed by atoms with Crippen LogP contribution in [0.5, 0.6) is 5.95 Å². The van der Waals surface area contributed by atoms with E-state index in [9.17, 15) is 9.90 Å². The van der Waals surface area contributed by atoms with E-state index in [4.69, 9.17) is 9.15 Å². The van der Waals surface area contributed by atoms with Crippen LogP contribution in [-0.4, -0.2) is 18.3 Å². The molecule has 0 spiro atoms. The minimum Gasteiger partial charge on any atom is -0.468 e. The molecule has 28 heavy (non-hydrogen) atoms. The Balaban J connectivity index is 2.71. The number of aliphatic hydroxyl groups is 1. The Bertz CT molecular complexity index is 821. The summed E-state index contributed by atoms with van der Waals surface area (Å²) in [7, 11) is 1.48. The second kappa shape index (κ2) is 11.5. The molecule has 0 aliphatic heterocycles. The first-order chi connectivity index (χ1) is 13.2. The van der Waals surface area contributed by atoms with Crippen molar-refractivity contribution < 1.29 is 14.3 Å². The van der Waals surface area contributed by atoms with Gasteiger partial charge in [0.2, 0.25) is 0 Å². The van der Waals surface area contributed by atoms with Gasteiger partial charge in [0.25, 0.3) is 5.95 Å². The molecule has 4 nitrogen and oxygen atoms in total. The van der Waals surface area contributed by atoms with E-state index in [2.05, 4.69) is 31.2 Å². The van der Waals surface area contributed by atoms with Gasteiger partial charge in [-0.3, -0.25) is 4.79 Å². The van der Waals surface area contributed by atoms with Gasteiger partial charge >= 0.3 is 0 Å². The predicted molar refractivity (Wildman–Crippen MR) is 116 cm³/mol. The zero-order valence-electron chi connectivity index (χ0n) is 18.2. The van der Waals surface area contributed by atoms with Crippen molar-refractivity contribution in [3.05, 3.63) is 74.7 Å². The Morgan fingerprint density at radius 1 is 1.32 bits per heavy atom. The standard InChI is InChI=1S/C24H34O4/c1-8-18(4)24(26)19(5)14-17(3)11-9-10-16(2)12-13-22-20(6)21(25)15-23(27-7)28-22/h8-9,11-12,14-15,19,24,26H,10,13H2,1-7H3/b11-9+,16-12+,17-14+,18-8+/t19-,24-/m0/s1. The van der Waals surface area contributed by atoms with Crippen LogP contribution in [0.25, 0.3) is 0 Å². The van der Waals surface area contributed by atoms with Crippen molar-refractivity contribution in [2.75, 3.05) is 7.11 Å². The van der Waals surface area contributed by atoms with Crippen LogP contribution < -0.4 is 10.2 Å². The molecule has 0 amide bonds. The summed E-state index contributed by atoms with van der Waals surface area (Å²) in [5, 5.41) is 10.2. The van der Waals surface area contributed by atoms with Gasteiger partial charge in [-0.1, -0.05) is 48.5 Å². The Kier molecular flexibility index (Phi) is 9.74. The summed E-state index contributed by atoms with van der Waals surface area (Å²) in [6.07, 6.45) is 11.2. The van der Waals surface area contributed by atoms with Gasteiger partial charge in [0.15, 0.2) is 5.43 Å². The second-order valence-electron chi connectivity index (χ2n) is 7.29. The Morgan fingerprint density at radius 3 is 2.61 bits per heavy atom. The van der Waals surface area contributed by atoms with Gasteiger partial charge in [-0.05, 0) is 46.6 Å². The van der Waals surface area contributed by atoms with Gasteiger partial charge in [-0.15, -0.1) is 0 Å². The van der Waals surface area contributed by atoms with Gasteiger partial charge < -0.3 is 14.3 Å². The maximum absolute atomic E-state index is 11.9. The van der Waals surface area contributed by atoms with E-state index in [0.29, 0.717) is 17.7 Å². The smallest absolute Gasteiger partial charge is 0.288 e. The van der Waals surface area contributed by atoms with Crippen molar-refractivity contribution in [3.8, 4) is 5.95 Å². The lowest BCUT2D eigenvalue weighted by Gasteiger charge is -2.16. The third kappa shape index (κ3) is 7.35. The first kappa shape index (κ1) is 23.7. The molecule has 4 heteroatoms. The van der Waals surface area contributed by atoms with Crippen molar-refractivity contribution in [3.63, 3.8) is 0 Å². The average molecular weight is 387 g/mol. The molecule has 1 rings (SSSR count). The van der Waals surface area contributed by atoms with E-state index in [1.807, 2.05) is 33.8 Å². The largest absolute Gasteiger partial charge is 0.468 e. The van der Waals surface area contributed by atoms with Crippen molar-refractivity contribution in [1.29, 1.82) is 0 Å². The zero-order valence-corrected chi connectivity index (χ0v) is 18.2. The maximum atomic E-state index is 11.9. The van der Waals surface area contributed by atoms with Crippen molar-refractivity contribution in [1.82, 2.24) is 0 Å². The SMILES string of the molecule is C/C=C(\C)[C@H](O)[C@@H](C)/C=C(C)/C=C/C/C(C)=C/Cc1oc(OC)cc(=O)c1C. The van der Waals surface area contributed by atoms with Crippen LogP contribution in [0.4, 0.5) is 0 Å². The van der Waals surface area contributed by atoms with Crippen molar-refractivity contribution >= 4 is 0 Å². The van der Waals surface area contributed by atoms with Crippen LogP contribution in [0.2, 0.25) is 0 Å². The second-order valence-corrected chi connectivity index (χ2v) is 7.29. The third-order valence-electron chi connectivity index (χ3n) is 4.86. The minimum atomic E-state index is -0.448. The Morgan fingerprint density at radius 2 is 2.00 bits per heavy atom. The fourth-order valence-electron chi connectivity index (χ4n) is 2.80. The predicted octanol–water partition coefficient (Wildman–Crippen LogP) is 5.30. The molecule has 1 heterocycles. The molecule has 2 atom stereocenters. The molecule has 1 N–H and O–H groups in total. The van der Waals surface area contributed by atoms with E-state index in [0.717, 1.165) is 17.6 Å². The number of hydrogen-bond acceptors (Lipinski definition) is 4. The summed E-state index contributed by atoms with van der Waals surface area (Å²) >= 11 is 0. The topological polar surface area (TPSA) is 59.7 Å².